The minimum atomic E-state index is -0.626. The van der Waals surface area contributed by atoms with Crippen molar-refractivity contribution in [2.24, 2.45) is 0 Å². The largest absolute Gasteiger partial charge is 0.445 e. The molecule has 0 fully saturated rings. The zero-order valence-electron chi connectivity index (χ0n) is 10.9. The van der Waals surface area contributed by atoms with Crippen LogP contribution in [0.15, 0.2) is 18.3 Å². The molecule has 1 amide bonds. The van der Waals surface area contributed by atoms with Crippen molar-refractivity contribution in [3.8, 4) is 0 Å². The Hall–Kier alpha value is -1.82. The molecule has 6 nitrogen and oxygen atoms in total. The molecular formula is C12H15ClN2O4. The van der Waals surface area contributed by atoms with E-state index in [1.807, 2.05) is 0 Å². The second-order valence-electron chi connectivity index (χ2n) is 4.60. The first-order valence-electron chi connectivity index (χ1n) is 5.51. The number of nitrogens with zero attached hydrogens (tertiary/aromatic N) is 1. The molecule has 0 saturated heterocycles. The second-order valence-corrected chi connectivity index (χ2v) is 4.82. The van der Waals surface area contributed by atoms with Crippen LogP contribution < -0.4 is 5.32 Å². The number of carbonyl (C=O) groups excluding carboxylic acids is 2. The zero-order chi connectivity index (χ0) is 14.5. The quantitative estimate of drug-likeness (QED) is 0.683. The van der Waals surface area contributed by atoms with Crippen LogP contribution in [-0.4, -0.2) is 28.7 Å². The molecule has 19 heavy (non-hydrogen) atoms. The molecule has 0 saturated carbocycles. The molecule has 7 heteroatoms. The van der Waals surface area contributed by atoms with Gasteiger partial charge in [-0.1, -0.05) is 11.6 Å². The molecule has 0 aliphatic heterocycles. The van der Waals surface area contributed by atoms with Crippen molar-refractivity contribution in [1.29, 1.82) is 0 Å². The number of aromatic nitrogens is 1. The Morgan fingerprint density at radius 2 is 2.05 bits per heavy atom. The number of pyridine rings is 1. The van der Waals surface area contributed by atoms with Gasteiger partial charge in [0, 0.05) is 0 Å². The third-order valence-corrected chi connectivity index (χ3v) is 1.91. The van der Waals surface area contributed by atoms with Gasteiger partial charge < -0.3 is 9.47 Å². The molecule has 1 heterocycles. The average Bonchev–Trinajstić information content (AvgIpc) is 2.27. The average molecular weight is 287 g/mol. The summed E-state index contributed by atoms with van der Waals surface area (Å²) in [6.07, 6.45) is 0.736. The van der Waals surface area contributed by atoms with Crippen molar-refractivity contribution in [3.63, 3.8) is 0 Å². The normalized spacial score (nSPS) is 10.7. The topological polar surface area (TPSA) is 77.5 Å². The van der Waals surface area contributed by atoms with Crippen molar-refractivity contribution in [3.05, 3.63) is 24.0 Å². The van der Waals surface area contributed by atoms with E-state index in [2.05, 4.69) is 15.0 Å². The van der Waals surface area contributed by atoms with Gasteiger partial charge in [0.15, 0.2) is 6.07 Å². The van der Waals surface area contributed by atoms with Gasteiger partial charge in [0.05, 0.1) is 11.9 Å². The number of anilines is 1. The van der Waals surface area contributed by atoms with Crippen molar-refractivity contribution >= 4 is 29.4 Å². The van der Waals surface area contributed by atoms with Gasteiger partial charge in [0.25, 0.3) is 0 Å². The smallest absolute Gasteiger partial charge is 0.412 e. The van der Waals surface area contributed by atoms with Crippen LogP contribution in [0.3, 0.4) is 0 Å². The van der Waals surface area contributed by atoms with E-state index in [0.717, 1.165) is 0 Å². The Bertz CT molecular complexity index is 454. The Morgan fingerprint density at radius 1 is 1.37 bits per heavy atom. The van der Waals surface area contributed by atoms with Gasteiger partial charge in [-0.2, -0.15) is 0 Å². The molecule has 104 valence electrons. The van der Waals surface area contributed by atoms with E-state index >= 15 is 0 Å². The van der Waals surface area contributed by atoms with Crippen molar-refractivity contribution in [1.82, 2.24) is 4.98 Å². The summed E-state index contributed by atoms with van der Waals surface area (Å²) in [4.78, 5) is 26.6. The summed E-state index contributed by atoms with van der Waals surface area (Å²) in [6.45, 7) is 5.28. The van der Waals surface area contributed by atoms with Crippen LogP contribution in [0.2, 0.25) is 0 Å². The lowest BCUT2D eigenvalue weighted by Crippen LogP contribution is -2.27. The molecule has 0 aliphatic carbocycles. The highest BCUT2D eigenvalue weighted by Gasteiger charge is 2.16. The van der Waals surface area contributed by atoms with Gasteiger partial charge >= 0.3 is 12.1 Å². The maximum atomic E-state index is 11.5. The van der Waals surface area contributed by atoms with Gasteiger partial charge in [-0.25, -0.2) is 14.6 Å². The standard InChI is InChI=1S/C12H15ClN2O4/c1-12(2,3)19-11(17)15-8-4-5-9(14-6-8)10(16)18-7-13/h4-6H,7H2,1-3H3,(H,15,17). The molecule has 0 bridgehead atoms. The summed E-state index contributed by atoms with van der Waals surface area (Å²) >= 11 is 5.26. The van der Waals surface area contributed by atoms with Crippen LogP contribution >= 0.6 is 11.6 Å². The number of hydrogen-bond donors (Lipinski definition) is 1. The molecule has 0 atom stereocenters. The first-order chi connectivity index (χ1) is 8.81. The Labute approximate surface area is 116 Å². The number of rotatable bonds is 3. The summed E-state index contributed by atoms with van der Waals surface area (Å²) in [6, 6.07) is 2.70. The lowest BCUT2D eigenvalue weighted by Gasteiger charge is -2.19. The SMILES string of the molecule is CC(C)(C)OC(=O)Nc1ccc(C(=O)OCCl)nc1. The molecule has 1 aromatic rings. The maximum absolute atomic E-state index is 11.5. The molecular weight excluding hydrogens is 272 g/mol. The highest BCUT2D eigenvalue weighted by atomic mass is 35.5. The van der Waals surface area contributed by atoms with Crippen LogP contribution in [-0.2, 0) is 9.47 Å². The molecule has 1 N–H and O–H groups in total. The van der Waals surface area contributed by atoms with E-state index in [1.165, 1.54) is 18.3 Å². The lowest BCUT2D eigenvalue weighted by molar-refractivity contribution is 0.0566. The predicted octanol–water partition coefficient (Wildman–Crippen LogP) is 2.78. The summed E-state index contributed by atoms with van der Waals surface area (Å²) in [5.41, 5.74) is -0.0613. The minimum absolute atomic E-state index is 0.107. The first kappa shape index (κ1) is 15.2. The highest BCUT2D eigenvalue weighted by Crippen LogP contribution is 2.11. The number of ether oxygens (including phenoxy) is 2. The molecule has 0 radical (unpaired) electrons. The number of halogens is 1. The monoisotopic (exact) mass is 286 g/mol. The third-order valence-electron chi connectivity index (χ3n) is 1.80. The van der Waals surface area contributed by atoms with E-state index in [9.17, 15) is 9.59 Å². The number of nitrogens with one attached hydrogen (secondary N) is 1. The third kappa shape index (κ3) is 5.56. The van der Waals surface area contributed by atoms with Gasteiger partial charge in [-0.15, -0.1) is 0 Å². The van der Waals surface area contributed by atoms with Crippen molar-refractivity contribution in [2.45, 2.75) is 26.4 Å². The molecule has 0 aromatic carbocycles. The fourth-order valence-corrected chi connectivity index (χ4v) is 1.23. The second kappa shape index (κ2) is 6.38. The van der Waals surface area contributed by atoms with Crippen molar-refractivity contribution < 1.29 is 19.1 Å². The lowest BCUT2D eigenvalue weighted by atomic mass is 10.2. The van der Waals surface area contributed by atoms with Crippen LogP contribution in [0, 0.1) is 0 Å². The fourth-order valence-electron chi connectivity index (χ4n) is 1.13. The van der Waals surface area contributed by atoms with E-state index < -0.39 is 17.7 Å². The highest BCUT2D eigenvalue weighted by molar-refractivity contribution is 6.17. The number of hydrogen-bond acceptors (Lipinski definition) is 5. The number of amides is 1. The van der Waals surface area contributed by atoms with Crippen LogP contribution in [0.5, 0.6) is 0 Å². The first-order valence-corrected chi connectivity index (χ1v) is 6.04. The van der Waals surface area contributed by atoms with E-state index in [4.69, 9.17) is 16.3 Å². The summed E-state index contributed by atoms with van der Waals surface area (Å²) < 4.78 is 9.64. The molecule has 0 spiro atoms. The van der Waals surface area contributed by atoms with Crippen LogP contribution in [0.1, 0.15) is 31.3 Å². The predicted molar refractivity (Wildman–Crippen MR) is 70.2 cm³/mol. The minimum Gasteiger partial charge on any atom is -0.445 e. The molecule has 1 aromatic heterocycles. The van der Waals surface area contributed by atoms with Crippen LogP contribution in [0.4, 0.5) is 10.5 Å². The zero-order valence-corrected chi connectivity index (χ0v) is 11.7. The van der Waals surface area contributed by atoms with E-state index in [0.29, 0.717) is 5.69 Å². The van der Waals surface area contributed by atoms with E-state index in [1.54, 1.807) is 20.8 Å². The summed E-state index contributed by atoms with van der Waals surface area (Å²) in [7, 11) is 0. The molecule has 1 rings (SSSR count). The van der Waals surface area contributed by atoms with Crippen molar-refractivity contribution in [2.75, 3.05) is 11.4 Å². The summed E-state index contributed by atoms with van der Waals surface area (Å²) in [5, 5.41) is 2.49. The number of carbonyl (C=O) groups is 2. The Morgan fingerprint density at radius 3 is 2.53 bits per heavy atom. The van der Waals surface area contributed by atoms with Gasteiger partial charge in [-0.05, 0) is 32.9 Å². The maximum Gasteiger partial charge on any atom is 0.412 e. The van der Waals surface area contributed by atoms with Gasteiger partial charge in [0.1, 0.15) is 11.3 Å². The van der Waals surface area contributed by atoms with Gasteiger partial charge in [-0.3, -0.25) is 5.32 Å². The fraction of sp³-hybridized carbons (Fsp3) is 0.417. The molecule has 0 aliphatic rings. The Kier molecular flexibility index (Phi) is 5.11. The van der Waals surface area contributed by atoms with E-state index in [-0.39, 0.29) is 11.8 Å². The van der Waals surface area contributed by atoms with Crippen LogP contribution in [0.25, 0.3) is 0 Å². The Balaban J connectivity index is 2.62. The number of alkyl halides is 1. The molecule has 0 unspecified atom stereocenters. The van der Waals surface area contributed by atoms with Gasteiger partial charge in [0.2, 0.25) is 0 Å². The summed E-state index contributed by atoms with van der Waals surface area (Å²) in [5.74, 6) is -0.626. The number of esters is 1.